The average molecular weight is 342 g/mol. The van der Waals surface area contributed by atoms with Gasteiger partial charge in [0.2, 0.25) is 23.6 Å². The van der Waals surface area contributed by atoms with Crippen molar-refractivity contribution in [2.24, 2.45) is 0 Å². The zero-order valence-electron chi connectivity index (χ0n) is 15.2. The molecule has 24 heavy (non-hydrogen) atoms. The number of unbranched alkanes of at least 4 members (excludes halogenated alkanes) is 2. The molecule has 0 aliphatic heterocycles. The molecule has 0 aromatic heterocycles. The largest absolute Gasteiger partial charge is 0.354 e. The zero-order valence-corrected chi connectivity index (χ0v) is 15.2. The smallest absolute Gasteiger partial charge is 0.242 e. The van der Waals surface area contributed by atoms with E-state index in [1.54, 1.807) is 6.92 Å². The quantitative estimate of drug-likeness (QED) is 0.412. The number of carbonyl (C=O) groups excluding carboxylic acids is 4. The Morgan fingerprint density at radius 2 is 1.21 bits per heavy atom. The Morgan fingerprint density at radius 1 is 0.750 bits per heavy atom. The summed E-state index contributed by atoms with van der Waals surface area (Å²) in [5.41, 5.74) is 0. The molecule has 0 rings (SSSR count). The first-order valence-corrected chi connectivity index (χ1v) is 8.34. The first-order chi connectivity index (χ1) is 11.2. The van der Waals surface area contributed by atoms with E-state index in [2.05, 4.69) is 28.2 Å². The van der Waals surface area contributed by atoms with Gasteiger partial charge in [0.05, 0.1) is 0 Å². The lowest BCUT2D eigenvalue weighted by Crippen LogP contribution is -2.54. The van der Waals surface area contributed by atoms with Crippen LogP contribution in [0.2, 0.25) is 0 Å². The van der Waals surface area contributed by atoms with Crippen molar-refractivity contribution in [1.82, 2.24) is 21.3 Å². The molecule has 0 aliphatic rings. The van der Waals surface area contributed by atoms with Gasteiger partial charge in [0, 0.05) is 13.5 Å². The number of nitrogens with one attached hydrogen (secondary N) is 4. The molecule has 4 amide bonds. The van der Waals surface area contributed by atoms with Crippen LogP contribution >= 0.6 is 0 Å². The zero-order chi connectivity index (χ0) is 18.7. The average Bonchev–Trinajstić information content (AvgIpc) is 2.50. The monoisotopic (exact) mass is 342 g/mol. The maximum Gasteiger partial charge on any atom is 0.242 e. The van der Waals surface area contributed by atoms with E-state index in [0.29, 0.717) is 6.54 Å². The van der Waals surface area contributed by atoms with E-state index >= 15 is 0 Å². The molecule has 0 saturated carbocycles. The van der Waals surface area contributed by atoms with Gasteiger partial charge in [-0.2, -0.15) is 0 Å². The van der Waals surface area contributed by atoms with Crippen LogP contribution < -0.4 is 21.3 Å². The van der Waals surface area contributed by atoms with Gasteiger partial charge in [-0.3, -0.25) is 19.2 Å². The minimum absolute atomic E-state index is 0.260. The third kappa shape index (κ3) is 9.12. The van der Waals surface area contributed by atoms with E-state index in [-0.39, 0.29) is 11.8 Å². The van der Waals surface area contributed by atoms with Crippen molar-refractivity contribution in [1.29, 1.82) is 0 Å². The molecule has 0 aliphatic carbocycles. The summed E-state index contributed by atoms with van der Waals surface area (Å²) in [6.45, 7) is 8.58. The Balaban J connectivity index is 4.26. The normalized spacial score (nSPS) is 14.0. The second kappa shape index (κ2) is 11.4. The third-order valence-electron chi connectivity index (χ3n) is 3.40. The van der Waals surface area contributed by atoms with Crippen LogP contribution in [0.4, 0.5) is 0 Å². The molecule has 0 aromatic rings. The highest BCUT2D eigenvalue weighted by Gasteiger charge is 2.22. The van der Waals surface area contributed by atoms with Crippen LogP contribution in [-0.2, 0) is 19.2 Å². The minimum Gasteiger partial charge on any atom is -0.354 e. The second-order valence-electron chi connectivity index (χ2n) is 5.88. The molecule has 0 aromatic carbocycles. The van der Waals surface area contributed by atoms with Gasteiger partial charge in [0.25, 0.3) is 0 Å². The summed E-state index contributed by atoms with van der Waals surface area (Å²) in [5.74, 6) is -1.52. The molecule has 138 valence electrons. The lowest BCUT2D eigenvalue weighted by Gasteiger charge is -2.20. The number of carbonyl (C=O) groups is 4. The lowest BCUT2D eigenvalue weighted by molar-refractivity contribution is -0.132. The predicted molar refractivity (Wildman–Crippen MR) is 91.0 cm³/mol. The van der Waals surface area contributed by atoms with Crippen molar-refractivity contribution in [2.75, 3.05) is 6.54 Å². The van der Waals surface area contributed by atoms with Crippen LogP contribution in [0.15, 0.2) is 0 Å². The summed E-state index contributed by atoms with van der Waals surface area (Å²) in [6.07, 6.45) is 3.00. The lowest BCUT2D eigenvalue weighted by atomic mass is 10.2. The fraction of sp³-hybridized carbons (Fsp3) is 0.750. The molecule has 0 saturated heterocycles. The Kier molecular flexibility index (Phi) is 10.4. The number of rotatable bonds is 10. The molecule has 0 radical (unpaired) electrons. The molecular formula is C16H30N4O4. The predicted octanol–water partition coefficient (Wildman–Crippen LogP) is -0.173. The number of hydrogen-bond donors (Lipinski definition) is 4. The van der Waals surface area contributed by atoms with Gasteiger partial charge in [-0.15, -0.1) is 0 Å². The maximum atomic E-state index is 12.0. The first-order valence-electron chi connectivity index (χ1n) is 8.34. The van der Waals surface area contributed by atoms with Crippen LogP contribution in [0.5, 0.6) is 0 Å². The SMILES string of the molecule is CCCCCNC(=O)[C@H](C)NC(=O)[C@H](C)NC(=O)[C@H](C)NC(C)=O. The molecule has 4 N–H and O–H groups in total. The molecule has 0 spiro atoms. The van der Waals surface area contributed by atoms with Gasteiger partial charge < -0.3 is 21.3 Å². The second-order valence-corrected chi connectivity index (χ2v) is 5.88. The Labute approximate surface area is 143 Å². The standard InChI is InChI=1S/C16H30N4O4/c1-6-7-8-9-17-14(22)10(2)19-16(24)12(4)20-15(23)11(3)18-13(5)21/h10-12H,6-9H2,1-5H3,(H,17,22)(H,18,21)(H,19,24)(H,20,23)/t10-,11-,12-/m0/s1. The highest BCUT2D eigenvalue weighted by molar-refractivity contribution is 5.93. The summed E-state index contributed by atoms with van der Waals surface area (Å²) in [7, 11) is 0. The van der Waals surface area contributed by atoms with Crippen molar-refractivity contribution in [3.8, 4) is 0 Å². The molecular weight excluding hydrogens is 312 g/mol. The number of amides is 4. The fourth-order valence-corrected chi connectivity index (χ4v) is 1.92. The summed E-state index contributed by atoms with van der Waals surface area (Å²) >= 11 is 0. The van der Waals surface area contributed by atoms with Crippen LogP contribution in [0.3, 0.4) is 0 Å². The van der Waals surface area contributed by atoms with E-state index in [0.717, 1.165) is 19.3 Å². The highest BCUT2D eigenvalue weighted by atomic mass is 16.2. The van der Waals surface area contributed by atoms with Gasteiger partial charge in [-0.1, -0.05) is 19.8 Å². The molecule has 3 atom stereocenters. The number of hydrogen-bond acceptors (Lipinski definition) is 4. The summed E-state index contributed by atoms with van der Waals surface area (Å²) in [4.78, 5) is 46.6. The van der Waals surface area contributed by atoms with E-state index in [9.17, 15) is 19.2 Å². The van der Waals surface area contributed by atoms with Gasteiger partial charge in [-0.05, 0) is 27.2 Å². The summed E-state index contributed by atoms with van der Waals surface area (Å²) in [6, 6.07) is -2.24. The molecule has 8 nitrogen and oxygen atoms in total. The fourth-order valence-electron chi connectivity index (χ4n) is 1.92. The van der Waals surface area contributed by atoms with Crippen molar-refractivity contribution >= 4 is 23.6 Å². The van der Waals surface area contributed by atoms with Crippen LogP contribution in [0.1, 0.15) is 53.9 Å². The minimum atomic E-state index is -0.816. The molecule has 0 unspecified atom stereocenters. The molecule has 0 fully saturated rings. The van der Waals surface area contributed by atoms with E-state index in [1.165, 1.54) is 20.8 Å². The van der Waals surface area contributed by atoms with E-state index in [1.807, 2.05) is 0 Å². The Bertz CT molecular complexity index is 453. The van der Waals surface area contributed by atoms with Crippen LogP contribution in [0.25, 0.3) is 0 Å². The molecule has 0 bridgehead atoms. The third-order valence-corrected chi connectivity index (χ3v) is 3.40. The summed E-state index contributed by atoms with van der Waals surface area (Å²) in [5, 5.41) is 10.2. The highest BCUT2D eigenvalue weighted by Crippen LogP contribution is 1.93. The van der Waals surface area contributed by atoms with Gasteiger partial charge >= 0.3 is 0 Å². The van der Waals surface area contributed by atoms with Gasteiger partial charge in [-0.25, -0.2) is 0 Å². The molecule has 0 heterocycles. The Hall–Kier alpha value is -2.12. The van der Waals surface area contributed by atoms with Crippen molar-refractivity contribution in [3.63, 3.8) is 0 Å². The van der Waals surface area contributed by atoms with E-state index < -0.39 is 29.9 Å². The maximum absolute atomic E-state index is 12.0. The summed E-state index contributed by atoms with van der Waals surface area (Å²) < 4.78 is 0. The van der Waals surface area contributed by atoms with Crippen molar-refractivity contribution in [3.05, 3.63) is 0 Å². The van der Waals surface area contributed by atoms with Gasteiger partial charge in [0.1, 0.15) is 18.1 Å². The topological polar surface area (TPSA) is 116 Å². The van der Waals surface area contributed by atoms with Crippen molar-refractivity contribution < 1.29 is 19.2 Å². The first kappa shape index (κ1) is 21.9. The van der Waals surface area contributed by atoms with Crippen LogP contribution in [0, 0.1) is 0 Å². The van der Waals surface area contributed by atoms with Crippen LogP contribution in [-0.4, -0.2) is 48.3 Å². The Morgan fingerprint density at radius 3 is 1.67 bits per heavy atom. The van der Waals surface area contributed by atoms with Gasteiger partial charge in [0.15, 0.2) is 0 Å². The van der Waals surface area contributed by atoms with Crippen molar-refractivity contribution in [2.45, 2.75) is 72.0 Å². The van der Waals surface area contributed by atoms with E-state index in [4.69, 9.17) is 0 Å². The molecule has 8 heteroatoms.